The molecule has 0 fully saturated rings. The van der Waals surface area contributed by atoms with Crippen LogP contribution in [0.15, 0.2) is 5.10 Å². The topological polar surface area (TPSA) is 70.9 Å². The first-order valence-electron chi connectivity index (χ1n) is 2.83. The third-order valence-corrected chi connectivity index (χ3v) is 1.22. The van der Waals surface area contributed by atoms with Gasteiger partial charge >= 0.3 is 5.97 Å². The summed E-state index contributed by atoms with van der Waals surface area (Å²) in [5.41, 5.74) is 2.42. The number of carbonyl (C=O) groups is 1. The summed E-state index contributed by atoms with van der Waals surface area (Å²) in [6, 6.07) is -0.509. The van der Waals surface area contributed by atoms with Crippen LogP contribution in [0.3, 0.4) is 0 Å². The molecule has 0 aromatic heterocycles. The Kier molecular flexibility index (Phi) is 1.75. The highest BCUT2D eigenvalue weighted by molar-refractivity contribution is 5.86. The van der Waals surface area contributed by atoms with E-state index in [1.165, 1.54) is 7.11 Å². The van der Waals surface area contributed by atoms with Crippen molar-refractivity contribution < 1.29 is 14.6 Å². The molecule has 1 aliphatic heterocycles. The Morgan fingerprint density at radius 2 is 2.70 bits per heavy atom. The van der Waals surface area contributed by atoms with E-state index < -0.39 is 12.0 Å². The van der Waals surface area contributed by atoms with Gasteiger partial charge in [0.05, 0.1) is 13.5 Å². The van der Waals surface area contributed by atoms with E-state index in [0.29, 0.717) is 0 Å². The largest absolute Gasteiger partial charge is 0.495 e. The van der Waals surface area contributed by atoms with Crippen molar-refractivity contribution in [3.05, 3.63) is 0 Å². The molecule has 5 heteroatoms. The molecule has 0 aromatic rings. The summed E-state index contributed by atoms with van der Waals surface area (Å²) in [7, 11) is 1.29. The van der Waals surface area contributed by atoms with Crippen molar-refractivity contribution in [2.45, 2.75) is 12.5 Å². The van der Waals surface area contributed by atoms with Gasteiger partial charge in [0.15, 0.2) is 0 Å². The molecule has 1 rings (SSSR count). The molecule has 5 nitrogen and oxygen atoms in total. The molecule has 0 amide bonds. The smallest absolute Gasteiger partial charge is 0.330 e. The molecule has 0 saturated carbocycles. The first kappa shape index (κ1) is 6.85. The fourth-order valence-corrected chi connectivity index (χ4v) is 0.705. The lowest BCUT2D eigenvalue weighted by Gasteiger charge is -2.04. The van der Waals surface area contributed by atoms with Crippen molar-refractivity contribution in [3.63, 3.8) is 0 Å². The maximum atomic E-state index is 10.7. The lowest BCUT2D eigenvalue weighted by molar-refractivity contribution is -0.142. The zero-order valence-corrected chi connectivity index (χ0v) is 5.50. The van der Waals surface area contributed by atoms with Gasteiger partial charge in [0.1, 0.15) is 6.04 Å². The van der Waals surface area contributed by atoms with Gasteiger partial charge in [-0.3, -0.25) is 5.43 Å². The van der Waals surface area contributed by atoms with E-state index in [1.807, 2.05) is 0 Å². The number of hydrogen-bond donors (Lipinski definition) is 2. The van der Waals surface area contributed by atoms with Crippen LogP contribution in [0.2, 0.25) is 0 Å². The minimum atomic E-state index is -0.509. The third kappa shape index (κ3) is 1.18. The Bertz CT molecular complexity index is 178. The standard InChI is InChI=1S/C5H8N2O3/c1-10-5(9)3-2-4(8)7-6-3/h3,6H,2H2,1H3,(H,7,8). The Labute approximate surface area is 57.7 Å². The number of hydrazone groups is 1. The van der Waals surface area contributed by atoms with Gasteiger partial charge in [-0.05, 0) is 0 Å². The van der Waals surface area contributed by atoms with Gasteiger partial charge < -0.3 is 9.84 Å². The Morgan fingerprint density at radius 1 is 2.00 bits per heavy atom. The Balaban J connectivity index is 2.42. The fraction of sp³-hybridized carbons (Fsp3) is 0.600. The van der Waals surface area contributed by atoms with Gasteiger partial charge in [0.2, 0.25) is 5.90 Å². The van der Waals surface area contributed by atoms with Gasteiger partial charge in [-0.2, -0.15) is 0 Å². The van der Waals surface area contributed by atoms with Gasteiger partial charge in [0.25, 0.3) is 0 Å². The van der Waals surface area contributed by atoms with Crippen LogP contribution >= 0.6 is 0 Å². The van der Waals surface area contributed by atoms with Crippen molar-refractivity contribution in [2.24, 2.45) is 5.10 Å². The Hall–Kier alpha value is -1.26. The molecule has 0 spiro atoms. The molecule has 1 heterocycles. The minimum absolute atomic E-state index is 0.0598. The lowest BCUT2D eigenvalue weighted by Crippen LogP contribution is -2.30. The molecule has 2 N–H and O–H groups in total. The summed E-state index contributed by atoms with van der Waals surface area (Å²) >= 11 is 0. The van der Waals surface area contributed by atoms with Crippen molar-refractivity contribution in [1.82, 2.24) is 5.43 Å². The molecular formula is C5H8N2O3. The van der Waals surface area contributed by atoms with Crippen LogP contribution in [0.4, 0.5) is 0 Å². The van der Waals surface area contributed by atoms with E-state index in [0.717, 1.165) is 0 Å². The van der Waals surface area contributed by atoms with Crippen molar-refractivity contribution in [2.75, 3.05) is 7.11 Å². The number of esters is 1. The van der Waals surface area contributed by atoms with Crippen molar-refractivity contribution >= 4 is 11.9 Å². The first-order chi connectivity index (χ1) is 4.74. The van der Waals surface area contributed by atoms with Crippen molar-refractivity contribution in [1.29, 1.82) is 0 Å². The molecule has 1 aliphatic rings. The Morgan fingerprint density at radius 3 is 3.10 bits per heavy atom. The van der Waals surface area contributed by atoms with E-state index in [9.17, 15) is 4.79 Å². The highest BCUT2D eigenvalue weighted by Gasteiger charge is 2.25. The molecule has 0 bridgehead atoms. The summed E-state index contributed by atoms with van der Waals surface area (Å²) in [5.74, 6) is -0.469. The van der Waals surface area contributed by atoms with Gasteiger partial charge in [-0.1, -0.05) is 0 Å². The molecule has 10 heavy (non-hydrogen) atoms. The number of ether oxygens (including phenoxy) is 1. The number of nitrogens with one attached hydrogen (secondary N) is 1. The molecule has 0 saturated heterocycles. The van der Waals surface area contributed by atoms with Gasteiger partial charge in [-0.25, -0.2) is 4.79 Å². The predicted molar refractivity (Wildman–Crippen MR) is 33.6 cm³/mol. The van der Waals surface area contributed by atoms with E-state index in [-0.39, 0.29) is 12.3 Å². The van der Waals surface area contributed by atoms with Crippen LogP contribution in [-0.2, 0) is 9.53 Å². The molecule has 56 valence electrons. The number of nitrogens with zero attached hydrogens (tertiary/aromatic N) is 1. The first-order valence-corrected chi connectivity index (χ1v) is 2.83. The van der Waals surface area contributed by atoms with E-state index in [4.69, 9.17) is 5.11 Å². The second-order valence-corrected chi connectivity index (χ2v) is 1.94. The summed E-state index contributed by atoms with van der Waals surface area (Å²) in [6.07, 6.45) is 0.215. The molecule has 0 aromatic carbocycles. The average Bonchev–Trinajstić information content (AvgIpc) is 2.34. The molecule has 0 radical (unpaired) electrons. The van der Waals surface area contributed by atoms with E-state index >= 15 is 0 Å². The van der Waals surface area contributed by atoms with Crippen molar-refractivity contribution in [3.8, 4) is 0 Å². The molecule has 1 unspecified atom stereocenters. The van der Waals surface area contributed by atoms with E-state index in [1.54, 1.807) is 0 Å². The highest BCUT2D eigenvalue weighted by atomic mass is 16.5. The predicted octanol–water partition coefficient (Wildman–Crippen LogP) is -0.607. The zero-order valence-electron chi connectivity index (χ0n) is 5.50. The average molecular weight is 144 g/mol. The minimum Gasteiger partial charge on any atom is -0.495 e. The van der Waals surface area contributed by atoms with Crippen LogP contribution in [0.25, 0.3) is 0 Å². The number of hydrogen-bond acceptors (Lipinski definition) is 4. The zero-order chi connectivity index (χ0) is 7.56. The molecule has 1 atom stereocenters. The summed E-state index contributed by atoms with van der Waals surface area (Å²) in [5, 5.41) is 12.1. The number of aliphatic hydroxyl groups is 1. The van der Waals surface area contributed by atoms with Crippen LogP contribution in [0.5, 0.6) is 0 Å². The SMILES string of the molecule is COC(=O)C1CC(O)=NN1. The number of methoxy groups -OCH3 is 1. The number of aliphatic hydroxyl groups excluding tert-OH is 1. The fourth-order valence-electron chi connectivity index (χ4n) is 0.705. The monoisotopic (exact) mass is 144 g/mol. The summed E-state index contributed by atoms with van der Waals surface area (Å²) < 4.78 is 4.40. The molecule has 0 aliphatic carbocycles. The summed E-state index contributed by atoms with van der Waals surface area (Å²) in [4.78, 5) is 10.7. The van der Waals surface area contributed by atoms with Crippen LogP contribution < -0.4 is 5.43 Å². The normalized spacial score (nSPS) is 23.3. The van der Waals surface area contributed by atoms with Gasteiger partial charge in [0, 0.05) is 0 Å². The van der Waals surface area contributed by atoms with Gasteiger partial charge in [-0.15, -0.1) is 5.10 Å². The van der Waals surface area contributed by atoms with Crippen LogP contribution in [0.1, 0.15) is 6.42 Å². The third-order valence-electron chi connectivity index (χ3n) is 1.22. The number of carbonyl (C=O) groups excluding carboxylic acids is 1. The second-order valence-electron chi connectivity index (χ2n) is 1.94. The number of rotatable bonds is 1. The second kappa shape index (κ2) is 2.55. The maximum absolute atomic E-state index is 10.7. The lowest BCUT2D eigenvalue weighted by atomic mass is 10.2. The molecular weight excluding hydrogens is 136 g/mol. The van der Waals surface area contributed by atoms with Crippen LogP contribution in [-0.4, -0.2) is 30.1 Å². The summed E-state index contributed by atoms with van der Waals surface area (Å²) in [6.45, 7) is 0. The quantitative estimate of drug-likeness (QED) is 0.482. The van der Waals surface area contributed by atoms with Crippen LogP contribution in [0, 0.1) is 0 Å². The maximum Gasteiger partial charge on any atom is 0.330 e. The highest BCUT2D eigenvalue weighted by Crippen LogP contribution is 2.01. The van der Waals surface area contributed by atoms with E-state index in [2.05, 4.69) is 15.3 Å².